The number of ketones is 2. The van der Waals surface area contributed by atoms with Crippen LogP contribution in [0.2, 0.25) is 0 Å². The predicted octanol–water partition coefficient (Wildman–Crippen LogP) is 4.56. The molecule has 28 heavy (non-hydrogen) atoms. The summed E-state index contributed by atoms with van der Waals surface area (Å²) >= 11 is 0. The Kier molecular flexibility index (Phi) is 4.82. The van der Waals surface area contributed by atoms with E-state index in [0.717, 1.165) is 25.2 Å². The molecule has 4 aliphatic carbocycles. The molecule has 0 aromatic heterocycles. The van der Waals surface area contributed by atoms with Crippen LogP contribution in [0.1, 0.15) is 85.5 Å². The van der Waals surface area contributed by atoms with Crippen LogP contribution < -0.4 is 0 Å². The summed E-state index contributed by atoms with van der Waals surface area (Å²) in [5.74, 6) is 8.62. The Hall–Kier alpha value is -1.14. The van der Waals surface area contributed by atoms with Crippen LogP contribution in [0.25, 0.3) is 0 Å². The Balaban J connectivity index is 1.56. The maximum absolute atomic E-state index is 12.3. The van der Waals surface area contributed by atoms with Crippen molar-refractivity contribution < 1.29 is 14.7 Å². The monoisotopic (exact) mass is 384 g/mol. The Morgan fingerprint density at radius 2 is 1.61 bits per heavy atom. The second-order valence-electron chi connectivity index (χ2n) is 11.0. The zero-order valence-electron chi connectivity index (χ0n) is 18.0. The molecule has 0 aromatic rings. The highest BCUT2D eigenvalue weighted by Gasteiger charge is 2.61. The van der Waals surface area contributed by atoms with Crippen molar-refractivity contribution in [1.82, 2.24) is 0 Å². The van der Waals surface area contributed by atoms with Gasteiger partial charge in [0, 0.05) is 12.8 Å². The van der Waals surface area contributed by atoms with Gasteiger partial charge in [0.05, 0.1) is 0 Å². The van der Waals surface area contributed by atoms with Gasteiger partial charge in [-0.15, -0.1) is 0 Å². The number of aliphatic hydroxyl groups is 1. The Morgan fingerprint density at radius 3 is 2.29 bits per heavy atom. The normalized spacial score (nSPS) is 49.8. The molecule has 3 heteroatoms. The third-order valence-corrected chi connectivity index (χ3v) is 9.69. The number of rotatable bonds is 1. The minimum absolute atomic E-state index is 0.168. The fourth-order valence-electron chi connectivity index (χ4n) is 8.23. The highest BCUT2D eigenvalue weighted by molar-refractivity contribution is 5.93. The first kappa shape index (κ1) is 20.1. The molecule has 3 nitrogen and oxygen atoms in total. The van der Waals surface area contributed by atoms with Crippen LogP contribution in [-0.2, 0) is 9.59 Å². The molecule has 0 saturated heterocycles. The summed E-state index contributed by atoms with van der Waals surface area (Å²) in [7, 11) is 0. The number of hydrogen-bond acceptors (Lipinski definition) is 3. The lowest BCUT2D eigenvalue weighted by atomic mass is 9.44. The third kappa shape index (κ3) is 2.98. The summed E-state index contributed by atoms with van der Waals surface area (Å²) in [5.41, 5.74) is -0.514. The Labute approximate surface area is 170 Å². The van der Waals surface area contributed by atoms with Gasteiger partial charge in [-0.05, 0) is 105 Å². The van der Waals surface area contributed by atoms with Gasteiger partial charge >= 0.3 is 0 Å². The van der Waals surface area contributed by atoms with Gasteiger partial charge in [0.15, 0.2) is 0 Å². The lowest BCUT2D eigenvalue weighted by Crippen LogP contribution is -2.56. The Bertz CT molecular complexity index is 745. The molecule has 0 radical (unpaired) electrons. The minimum atomic E-state index is -0.987. The molecule has 1 N–H and O–H groups in total. The molecule has 0 amide bonds. The van der Waals surface area contributed by atoms with Crippen molar-refractivity contribution >= 4 is 11.6 Å². The number of fused-ring (bicyclic) bond motifs is 5. The maximum atomic E-state index is 12.3. The van der Waals surface area contributed by atoms with Crippen molar-refractivity contribution in [3.63, 3.8) is 0 Å². The molecular formula is C25H36O3. The maximum Gasteiger partial charge on any atom is 0.202 e. The Morgan fingerprint density at radius 1 is 0.893 bits per heavy atom. The van der Waals surface area contributed by atoms with Crippen LogP contribution in [-0.4, -0.2) is 22.3 Å². The lowest BCUT2D eigenvalue weighted by Gasteiger charge is -2.61. The van der Waals surface area contributed by atoms with Crippen molar-refractivity contribution in [2.75, 3.05) is 0 Å². The van der Waals surface area contributed by atoms with Crippen molar-refractivity contribution in [3.8, 4) is 11.8 Å². The summed E-state index contributed by atoms with van der Waals surface area (Å²) in [5, 5.41) is 11.0. The largest absolute Gasteiger partial charge is 0.378 e. The fraction of sp³-hybridized carbons (Fsp3) is 0.840. The average Bonchev–Trinajstić information content (AvgIpc) is 2.98. The van der Waals surface area contributed by atoms with E-state index in [1.165, 1.54) is 32.6 Å². The van der Waals surface area contributed by atoms with Gasteiger partial charge in [-0.2, -0.15) is 0 Å². The molecule has 0 aliphatic heterocycles. The van der Waals surface area contributed by atoms with Gasteiger partial charge in [-0.1, -0.05) is 19.8 Å². The van der Waals surface area contributed by atoms with E-state index in [0.29, 0.717) is 36.4 Å². The van der Waals surface area contributed by atoms with Crippen LogP contribution in [0.5, 0.6) is 0 Å². The van der Waals surface area contributed by atoms with Gasteiger partial charge in [-0.25, -0.2) is 0 Å². The van der Waals surface area contributed by atoms with Crippen molar-refractivity contribution in [1.29, 1.82) is 0 Å². The molecule has 154 valence electrons. The van der Waals surface area contributed by atoms with Crippen LogP contribution in [0.15, 0.2) is 0 Å². The third-order valence-electron chi connectivity index (χ3n) is 9.69. The molecule has 4 fully saturated rings. The van der Waals surface area contributed by atoms with E-state index < -0.39 is 5.60 Å². The van der Waals surface area contributed by atoms with Crippen LogP contribution in [0, 0.1) is 52.3 Å². The zero-order chi connectivity index (χ0) is 20.3. The van der Waals surface area contributed by atoms with E-state index in [-0.39, 0.29) is 22.5 Å². The topological polar surface area (TPSA) is 54.4 Å². The van der Waals surface area contributed by atoms with Crippen LogP contribution in [0.4, 0.5) is 0 Å². The van der Waals surface area contributed by atoms with Crippen LogP contribution in [0.3, 0.4) is 0 Å². The van der Waals surface area contributed by atoms with E-state index in [1.807, 2.05) is 0 Å². The highest BCUT2D eigenvalue weighted by Crippen LogP contribution is 2.68. The molecule has 4 saturated carbocycles. The second-order valence-corrected chi connectivity index (χ2v) is 11.0. The number of Topliss-reactive ketones (excluding diaryl/α,β-unsaturated/α-hetero) is 2. The standard InChI is InChI=1S/C25H36O3/c1-16(26)9-12-25(28)14-13-23(3)18(15-25)5-6-19-21-8-7-20(17(2)27)24(21,4)11-10-22(19)23/h18-22,28H,5-8,10-11,13-15H2,1-4H3/t18-,19-,20+,21-,22-,23-,24+,25-/m0/s1. The van der Waals surface area contributed by atoms with Crippen molar-refractivity contribution in [2.45, 2.75) is 91.1 Å². The van der Waals surface area contributed by atoms with E-state index in [1.54, 1.807) is 6.92 Å². The minimum Gasteiger partial charge on any atom is -0.378 e. The summed E-state index contributed by atoms with van der Waals surface area (Å²) in [6.45, 7) is 8.13. The quantitative estimate of drug-likeness (QED) is 0.533. The molecular weight excluding hydrogens is 348 g/mol. The van der Waals surface area contributed by atoms with Gasteiger partial charge in [0.1, 0.15) is 11.4 Å². The van der Waals surface area contributed by atoms with E-state index in [2.05, 4.69) is 25.7 Å². The fourth-order valence-corrected chi connectivity index (χ4v) is 8.23. The van der Waals surface area contributed by atoms with Crippen molar-refractivity contribution in [3.05, 3.63) is 0 Å². The SMILES string of the molecule is CC(=O)C#C[C@]1(O)CC[C@@]2(C)[C@@H](CC[C@@H]3[C@@H]2CC[C@]2(C)[C@@H](C(C)=O)CC[C@@H]32)C1. The van der Waals surface area contributed by atoms with Gasteiger partial charge < -0.3 is 5.11 Å². The summed E-state index contributed by atoms with van der Waals surface area (Å²) in [6, 6.07) is 0. The summed E-state index contributed by atoms with van der Waals surface area (Å²) < 4.78 is 0. The lowest BCUT2D eigenvalue weighted by molar-refractivity contribution is -0.144. The molecule has 0 spiro atoms. The number of carbonyl (C=O) groups is 2. The summed E-state index contributed by atoms with van der Waals surface area (Å²) in [6.07, 6.45) is 9.49. The molecule has 0 aromatic carbocycles. The van der Waals surface area contributed by atoms with E-state index in [9.17, 15) is 14.7 Å². The molecule has 8 atom stereocenters. The van der Waals surface area contributed by atoms with Gasteiger partial charge in [0.25, 0.3) is 0 Å². The van der Waals surface area contributed by atoms with Crippen molar-refractivity contribution in [2.24, 2.45) is 40.4 Å². The van der Waals surface area contributed by atoms with Gasteiger partial charge in [0.2, 0.25) is 5.78 Å². The molecule has 4 rings (SSSR count). The molecule has 4 aliphatic rings. The van der Waals surface area contributed by atoms with Crippen LogP contribution >= 0.6 is 0 Å². The first-order chi connectivity index (χ1) is 13.1. The van der Waals surface area contributed by atoms with Gasteiger partial charge in [-0.3, -0.25) is 9.59 Å². The second kappa shape index (κ2) is 6.69. The number of carbonyl (C=O) groups excluding carboxylic acids is 2. The first-order valence-corrected chi connectivity index (χ1v) is 11.4. The number of hydrogen-bond donors (Lipinski definition) is 1. The van der Waals surface area contributed by atoms with E-state index in [4.69, 9.17) is 0 Å². The molecule has 0 bridgehead atoms. The zero-order valence-corrected chi connectivity index (χ0v) is 18.0. The highest BCUT2D eigenvalue weighted by atomic mass is 16.3. The predicted molar refractivity (Wildman–Crippen MR) is 109 cm³/mol. The molecule has 0 unspecified atom stereocenters. The molecule has 0 heterocycles. The smallest absolute Gasteiger partial charge is 0.202 e. The summed E-state index contributed by atoms with van der Waals surface area (Å²) in [4.78, 5) is 23.5. The first-order valence-electron chi connectivity index (χ1n) is 11.4. The van der Waals surface area contributed by atoms with E-state index >= 15 is 0 Å². The average molecular weight is 385 g/mol.